The number of nitrogens with one attached hydrogen (secondary N) is 1. The summed E-state index contributed by atoms with van der Waals surface area (Å²) in [4.78, 5) is 13.2. The van der Waals surface area contributed by atoms with Crippen molar-refractivity contribution in [2.45, 2.75) is 6.67 Å². The molecular weight excluding hydrogens is 388 g/mol. The summed E-state index contributed by atoms with van der Waals surface area (Å²) < 4.78 is 28.6. The van der Waals surface area contributed by atoms with Crippen molar-refractivity contribution in [1.29, 1.82) is 0 Å². The van der Waals surface area contributed by atoms with Gasteiger partial charge in [0.1, 0.15) is 0 Å². The van der Waals surface area contributed by atoms with Crippen molar-refractivity contribution in [2.24, 2.45) is 0 Å². The van der Waals surface area contributed by atoms with Crippen LogP contribution in [0, 0.1) is 0 Å². The molecule has 0 spiro atoms. The smallest absolute Gasteiger partial charge is 0.236 e. The molecule has 29 heavy (non-hydrogen) atoms. The summed E-state index contributed by atoms with van der Waals surface area (Å²) in [6.45, 7) is 2.86. The first-order valence-corrected chi connectivity index (χ1v) is 11.0. The zero-order valence-electron chi connectivity index (χ0n) is 15.9. The van der Waals surface area contributed by atoms with Gasteiger partial charge in [-0.3, -0.25) is 4.79 Å². The van der Waals surface area contributed by atoms with Crippen LogP contribution in [-0.2, 0) is 16.7 Å². The van der Waals surface area contributed by atoms with Crippen molar-refractivity contribution in [1.82, 2.24) is 14.1 Å². The zero-order chi connectivity index (χ0) is 20.3. The lowest BCUT2D eigenvalue weighted by molar-refractivity contribution is -0.926. The molecule has 0 amide bonds. The Morgan fingerprint density at radius 3 is 2.45 bits per heavy atom. The third-order valence-electron chi connectivity index (χ3n) is 5.16. The van der Waals surface area contributed by atoms with E-state index in [4.69, 9.17) is 0 Å². The molecule has 1 fully saturated rings. The van der Waals surface area contributed by atoms with E-state index in [1.165, 1.54) is 20.8 Å². The molecular formula is C21H23N4O3S+. The van der Waals surface area contributed by atoms with Crippen LogP contribution < -0.4 is 10.3 Å². The van der Waals surface area contributed by atoms with Gasteiger partial charge in [-0.15, -0.1) is 0 Å². The van der Waals surface area contributed by atoms with Gasteiger partial charge in [-0.25, -0.2) is 13.1 Å². The molecule has 1 N–H and O–H groups in total. The van der Waals surface area contributed by atoms with Gasteiger partial charge < -0.3 is 4.90 Å². The number of para-hydroxylation sites is 1. The lowest BCUT2D eigenvalue weighted by Gasteiger charge is -2.31. The van der Waals surface area contributed by atoms with Crippen LogP contribution in [0.5, 0.6) is 0 Å². The van der Waals surface area contributed by atoms with Gasteiger partial charge >= 0.3 is 0 Å². The lowest BCUT2D eigenvalue weighted by Crippen LogP contribution is -3.14. The molecule has 3 aromatic rings. The molecule has 0 radical (unpaired) electrons. The second-order valence-electron chi connectivity index (χ2n) is 7.09. The van der Waals surface area contributed by atoms with Crippen molar-refractivity contribution in [2.75, 3.05) is 26.2 Å². The van der Waals surface area contributed by atoms with Crippen LogP contribution in [0.15, 0.2) is 71.0 Å². The molecule has 0 atom stereocenters. The van der Waals surface area contributed by atoms with E-state index in [1.54, 1.807) is 12.1 Å². The molecule has 1 aromatic heterocycles. The van der Waals surface area contributed by atoms with Crippen LogP contribution in [0.4, 0.5) is 0 Å². The molecule has 1 aliphatic heterocycles. The first kappa shape index (κ1) is 19.5. The fraction of sp³-hybridized carbons (Fsp3) is 0.238. The minimum atomic E-state index is -3.44. The highest BCUT2D eigenvalue weighted by Gasteiger charge is 2.27. The Balaban J connectivity index is 1.42. The van der Waals surface area contributed by atoms with Crippen molar-refractivity contribution in [3.05, 3.63) is 82.0 Å². The first-order valence-electron chi connectivity index (χ1n) is 9.55. The molecule has 7 nitrogen and oxygen atoms in total. The predicted molar refractivity (Wildman–Crippen MR) is 113 cm³/mol. The molecule has 8 heteroatoms. The Morgan fingerprint density at radius 2 is 1.69 bits per heavy atom. The molecule has 2 heterocycles. The number of aromatic nitrogens is 2. The van der Waals surface area contributed by atoms with Crippen molar-refractivity contribution in [3.63, 3.8) is 0 Å². The van der Waals surface area contributed by atoms with Crippen LogP contribution in [0.1, 0.15) is 5.56 Å². The minimum absolute atomic E-state index is 0.0898. The summed E-state index contributed by atoms with van der Waals surface area (Å²) in [5.41, 5.74) is 1.57. The summed E-state index contributed by atoms with van der Waals surface area (Å²) in [6.07, 6.45) is 2.97. The van der Waals surface area contributed by atoms with Crippen molar-refractivity contribution in [3.8, 4) is 0 Å². The zero-order valence-corrected chi connectivity index (χ0v) is 16.8. The van der Waals surface area contributed by atoms with Gasteiger partial charge in [0.15, 0.2) is 6.67 Å². The first-order chi connectivity index (χ1) is 14.0. The Kier molecular flexibility index (Phi) is 5.57. The second kappa shape index (κ2) is 8.28. The van der Waals surface area contributed by atoms with Gasteiger partial charge in [0, 0.05) is 10.8 Å². The highest BCUT2D eigenvalue weighted by Crippen LogP contribution is 2.09. The maximum atomic E-state index is 12.6. The van der Waals surface area contributed by atoms with Gasteiger partial charge in [-0.1, -0.05) is 42.5 Å². The van der Waals surface area contributed by atoms with E-state index in [0.717, 1.165) is 11.1 Å². The quantitative estimate of drug-likeness (QED) is 0.666. The van der Waals surface area contributed by atoms with E-state index in [-0.39, 0.29) is 5.43 Å². The van der Waals surface area contributed by atoms with E-state index in [1.807, 2.05) is 53.2 Å². The Hall–Kier alpha value is -2.81. The Morgan fingerprint density at radius 1 is 1.00 bits per heavy atom. The van der Waals surface area contributed by atoms with Crippen molar-refractivity contribution < 1.29 is 13.3 Å². The van der Waals surface area contributed by atoms with Crippen LogP contribution in [0.2, 0.25) is 0 Å². The Labute approximate surface area is 169 Å². The maximum Gasteiger partial charge on any atom is 0.236 e. The number of benzene rings is 2. The van der Waals surface area contributed by atoms with E-state index >= 15 is 0 Å². The fourth-order valence-electron chi connectivity index (χ4n) is 3.53. The number of hydrogen-bond donors (Lipinski definition) is 1. The summed E-state index contributed by atoms with van der Waals surface area (Å²) in [5, 5.41) is 6.20. The summed E-state index contributed by atoms with van der Waals surface area (Å²) in [5.74, 6) is 0. The number of quaternary nitrogens is 1. The second-order valence-corrected chi connectivity index (χ2v) is 8.91. The highest BCUT2D eigenvalue weighted by atomic mass is 32.2. The molecule has 4 rings (SSSR count). The van der Waals surface area contributed by atoms with Crippen LogP contribution in [0.3, 0.4) is 0 Å². The molecule has 0 aliphatic carbocycles. The molecule has 2 aromatic carbocycles. The fourth-order valence-corrected chi connectivity index (χ4v) is 4.72. The lowest BCUT2D eigenvalue weighted by atomic mass is 10.2. The highest BCUT2D eigenvalue weighted by molar-refractivity contribution is 7.92. The van der Waals surface area contributed by atoms with E-state index in [9.17, 15) is 13.2 Å². The van der Waals surface area contributed by atoms with E-state index in [0.29, 0.717) is 38.2 Å². The molecule has 1 aliphatic rings. The average Bonchev–Trinajstić information content (AvgIpc) is 2.76. The summed E-state index contributed by atoms with van der Waals surface area (Å²) in [7, 11) is -3.44. The number of piperazine rings is 1. The normalized spacial score (nSPS) is 16.6. The van der Waals surface area contributed by atoms with Gasteiger partial charge in [0.05, 0.1) is 37.9 Å². The molecule has 1 saturated heterocycles. The van der Waals surface area contributed by atoms with Crippen LogP contribution in [0.25, 0.3) is 17.0 Å². The van der Waals surface area contributed by atoms with Gasteiger partial charge in [0.25, 0.3) is 0 Å². The topological polar surface area (TPSA) is 76.7 Å². The number of hydrogen-bond acceptors (Lipinski definition) is 4. The SMILES string of the molecule is O=c1cnn(C[NH+]2CCN(S(=O)(=O)/C=C/c3ccccc3)CC2)c2ccccc12. The summed E-state index contributed by atoms with van der Waals surface area (Å²) in [6, 6.07) is 16.8. The Bertz CT molecular complexity index is 1180. The van der Waals surface area contributed by atoms with E-state index in [2.05, 4.69) is 5.10 Å². The van der Waals surface area contributed by atoms with Crippen molar-refractivity contribution >= 4 is 27.0 Å². The third-order valence-corrected chi connectivity index (χ3v) is 6.72. The average molecular weight is 412 g/mol. The minimum Gasteiger partial charge on any atom is -0.314 e. The number of sulfonamides is 1. The number of rotatable bonds is 5. The maximum absolute atomic E-state index is 12.6. The third kappa shape index (κ3) is 4.45. The van der Waals surface area contributed by atoms with Gasteiger partial charge in [0.2, 0.25) is 15.5 Å². The van der Waals surface area contributed by atoms with Crippen LogP contribution >= 0.6 is 0 Å². The van der Waals surface area contributed by atoms with E-state index < -0.39 is 10.0 Å². The predicted octanol–water partition coefficient (Wildman–Crippen LogP) is 0.555. The largest absolute Gasteiger partial charge is 0.314 e. The molecule has 0 unspecified atom stereocenters. The number of fused-ring (bicyclic) bond motifs is 1. The summed E-state index contributed by atoms with van der Waals surface area (Å²) >= 11 is 0. The van der Waals surface area contributed by atoms with Gasteiger partial charge in [-0.05, 0) is 23.8 Å². The molecule has 150 valence electrons. The monoisotopic (exact) mass is 411 g/mol. The standard InChI is InChI=1S/C21H22N4O3S/c26-21-16-22-25(20-9-5-4-8-19(20)21)17-23-11-13-24(14-12-23)29(27,28)15-10-18-6-2-1-3-7-18/h1-10,15-16H,11-14,17H2/p+1/b15-10+. The molecule has 0 saturated carbocycles. The van der Waals surface area contributed by atoms with Crippen LogP contribution in [-0.4, -0.2) is 48.7 Å². The van der Waals surface area contributed by atoms with Gasteiger partial charge in [-0.2, -0.15) is 9.40 Å². The number of nitrogens with zero attached hydrogens (tertiary/aromatic N) is 3. The molecule has 0 bridgehead atoms.